The van der Waals surface area contributed by atoms with E-state index in [9.17, 15) is 9.90 Å². The smallest absolute Gasteiger partial charge is 0.330 e. The number of rotatable bonds is 2. The summed E-state index contributed by atoms with van der Waals surface area (Å²) >= 11 is 0. The highest BCUT2D eigenvalue weighted by Crippen LogP contribution is 2.33. The summed E-state index contributed by atoms with van der Waals surface area (Å²) in [6.07, 6.45) is 1.97. The number of likely N-dealkylation sites (N-methyl/N-ethyl adjacent to an activating group) is 1. The number of benzene rings is 1. The van der Waals surface area contributed by atoms with Crippen LogP contribution in [0, 0.1) is 18.3 Å². The van der Waals surface area contributed by atoms with Gasteiger partial charge in [-0.25, -0.2) is 4.79 Å². The van der Waals surface area contributed by atoms with Crippen LogP contribution in [0.2, 0.25) is 0 Å². The monoisotopic (exact) mass is 378 g/mol. The number of aromatic nitrogens is 4. The van der Waals surface area contributed by atoms with E-state index in [0.29, 0.717) is 28.0 Å². The molecule has 1 aromatic carbocycles. The van der Waals surface area contributed by atoms with Gasteiger partial charge in [-0.2, -0.15) is 5.26 Å². The van der Waals surface area contributed by atoms with Gasteiger partial charge in [-0.15, -0.1) is 10.2 Å². The second kappa shape index (κ2) is 6.77. The Hall–Kier alpha value is -3.18. The van der Waals surface area contributed by atoms with E-state index < -0.39 is 0 Å². The van der Waals surface area contributed by atoms with Gasteiger partial charge in [0.1, 0.15) is 5.75 Å². The molecule has 3 heterocycles. The number of aromatic hydroxyl groups is 1. The molecule has 1 saturated heterocycles. The largest absolute Gasteiger partial charge is 0.507 e. The van der Waals surface area contributed by atoms with E-state index >= 15 is 0 Å². The minimum absolute atomic E-state index is 0.0245. The van der Waals surface area contributed by atoms with E-state index in [0.717, 1.165) is 31.5 Å². The van der Waals surface area contributed by atoms with Crippen LogP contribution in [0.15, 0.2) is 23.0 Å². The molecule has 4 rings (SSSR count). The fraction of sp³-hybridized carbons (Fsp3) is 0.400. The molecule has 1 aliphatic rings. The molecule has 144 valence electrons. The second-order valence-electron chi connectivity index (χ2n) is 7.51. The van der Waals surface area contributed by atoms with Crippen LogP contribution in [0.1, 0.15) is 30.0 Å². The summed E-state index contributed by atoms with van der Waals surface area (Å²) < 4.78 is 3.32. The number of hydrogen-bond acceptors (Lipinski definition) is 6. The van der Waals surface area contributed by atoms with Gasteiger partial charge in [-0.1, -0.05) is 0 Å². The third-order valence-electron chi connectivity index (χ3n) is 5.50. The van der Waals surface area contributed by atoms with Gasteiger partial charge in [0.2, 0.25) is 0 Å². The van der Waals surface area contributed by atoms with Gasteiger partial charge in [0.15, 0.2) is 5.65 Å². The normalized spacial score (nSPS) is 17.7. The molecule has 2 aromatic heterocycles. The molecular weight excluding hydrogens is 356 g/mol. The average Bonchev–Trinajstić information content (AvgIpc) is 2.91. The minimum Gasteiger partial charge on any atom is -0.507 e. The second-order valence-corrected chi connectivity index (χ2v) is 7.51. The maximum absolute atomic E-state index is 12.9. The van der Waals surface area contributed by atoms with Crippen molar-refractivity contribution in [1.82, 2.24) is 24.2 Å². The summed E-state index contributed by atoms with van der Waals surface area (Å²) in [7, 11) is 3.78. The van der Waals surface area contributed by atoms with Crippen molar-refractivity contribution < 1.29 is 5.11 Å². The van der Waals surface area contributed by atoms with Crippen LogP contribution >= 0.6 is 0 Å². The van der Waals surface area contributed by atoms with Gasteiger partial charge in [-0.05, 0) is 57.1 Å². The van der Waals surface area contributed by atoms with Gasteiger partial charge in [0.05, 0.1) is 28.9 Å². The highest BCUT2D eigenvalue weighted by atomic mass is 16.3. The molecule has 1 aliphatic heterocycles. The molecule has 8 heteroatoms. The number of nitrogens with zero attached hydrogens (tertiary/aromatic N) is 6. The summed E-state index contributed by atoms with van der Waals surface area (Å²) in [5.74, 6) is -0.0245. The zero-order valence-electron chi connectivity index (χ0n) is 16.2. The van der Waals surface area contributed by atoms with Gasteiger partial charge < -0.3 is 10.0 Å². The molecular formula is C20H22N6O2. The van der Waals surface area contributed by atoms with E-state index in [-0.39, 0.29) is 17.5 Å². The zero-order chi connectivity index (χ0) is 20.0. The number of fused-ring (bicyclic) bond motifs is 1. The van der Waals surface area contributed by atoms with Crippen molar-refractivity contribution in [2.75, 3.05) is 20.1 Å². The van der Waals surface area contributed by atoms with Gasteiger partial charge >= 0.3 is 5.69 Å². The van der Waals surface area contributed by atoms with Gasteiger partial charge in [0, 0.05) is 19.2 Å². The number of imidazole rings is 1. The molecule has 3 aromatic rings. The molecule has 0 aliphatic carbocycles. The lowest BCUT2D eigenvalue weighted by Gasteiger charge is -2.30. The Morgan fingerprint density at radius 3 is 2.71 bits per heavy atom. The molecule has 0 saturated carbocycles. The van der Waals surface area contributed by atoms with Crippen LogP contribution in [0.4, 0.5) is 0 Å². The Morgan fingerprint density at radius 1 is 1.25 bits per heavy atom. The average molecular weight is 378 g/mol. The Morgan fingerprint density at radius 2 is 2.04 bits per heavy atom. The summed E-state index contributed by atoms with van der Waals surface area (Å²) in [5, 5.41) is 28.1. The highest BCUT2D eigenvalue weighted by Gasteiger charge is 2.25. The van der Waals surface area contributed by atoms with Crippen molar-refractivity contribution in [1.29, 1.82) is 5.26 Å². The van der Waals surface area contributed by atoms with Crippen LogP contribution in [-0.2, 0) is 7.05 Å². The number of aryl methyl sites for hydroxylation is 2. The predicted molar refractivity (Wildman–Crippen MR) is 105 cm³/mol. The molecule has 8 nitrogen and oxygen atoms in total. The van der Waals surface area contributed by atoms with Crippen molar-refractivity contribution >= 4 is 11.2 Å². The number of phenolic OH excluding ortho intramolecular Hbond substituents is 1. The zero-order valence-corrected chi connectivity index (χ0v) is 16.2. The lowest BCUT2D eigenvalue weighted by Crippen LogP contribution is -2.37. The fourth-order valence-electron chi connectivity index (χ4n) is 4.12. The van der Waals surface area contributed by atoms with Crippen LogP contribution in [0.25, 0.3) is 22.4 Å². The SMILES string of the molecule is Cc1cc(C#N)cc(O)c1-c1cc2c(nn1)n([C@H]1CCCN(C)C1)c(=O)n2C. The van der Waals surface area contributed by atoms with E-state index in [2.05, 4.69) is 22.1 Å². The predicted octanol–water partition coefficient (Wildman–Crippen LogP) is 1.95. The van der Waals surface area contributed by atoms with Crippen LogP contribution in [0.5, 0.6) is 5.75 Å². The Kier molecular flexibility index (Phi) is 4.40. The first kappa shape index (κ1) is 18.2. The standard InChI is InChI=1S/C20H22N6O2/c1-12-7-13(10-21)8-17(27)18(12)15-9-16-19(23-22-15)26(20(28)25(16)3)14-5-4-6-24(2)11-14/h7-9,14,27H,4-6,11H2,1-3H3/t14-/m0/s1. The molecule has 0 unspecified atom stereocenters. The molecule has 1 atom stereocenters. The third kappa shape index (κ3) is 2.84. The van der Waals surface area contributed by atoms with Crippen molar-refractivity contribution in [3.8, 4) is 23.1 Å². The molecule has 1 fully saturated rings. The number of phenols is 1. The summed E-state index contributed by atoms with van der Waals surface area (Å²) in [6, 6.07) is 6.99. The van der Waals surface area contributed by atoms with Gasteiger partial charge in [-0.3, -0.25) is 9.13 Å². The number of hydrogen-bond donors (Lipinski definition) is 1. The lowest BCUT2D eigenvalue weighted by atomic mass is 10.0. The topological polar surface area (TPSA) is 100.0 Å². The van der Waals surface area contributed by atoms with E-state index in [4.69, 9.17) is 5.26 Å². The van der Waals surface area contributed by atoms with E-state index in [1.165, 1.54) is 6.07 Å². The molecule has 0 amide bonds. The van der Waals surface area contributed by atoms with Crippen LogP contribution < -0.4 is 5.69 Å². The summed E-state index contributed by atoms with van der Waals surface area (Å²) in [5.41, 5.74) is 3.22. The Labute approximate surface area is 162 Å². The molecule has 0 radical (unpaired) electrons. The molecule has 1 N–H and O–H groups in total. The molecule has 0 bridgehead atoms. The fourth-order valence-corrected chi connectivity index (χ4v) is 4.12. The number of piperidine rings is 1. The molecule has 0 spiro atoms. The van der Waals surface area contributed by atoms with Crippen LogP contribution in [0.3, 0.4) is 0 Å². The third-order valence-corrected chi connectivity index (χ3v) is 5.50. The minimum atomic E-state index is -0.109. The summed E-state index contributed by atoms with van der Waals surface area (Å²) in [6.45, 7) is 3.64. The van der Waals surface area contributed by atoms with Crippen molar-refractivity contribution in [3.05, 3.63) is 39.8 Å². The van der Waals surface area contributed by atoms with Crippen LogP contribution in [-0.4, -0.2) is 49.5 Å². The van der Waals surface area contributed by atoms with Crippen molar-refractivity contribution in [2.24, 2.45) is 7.05 Å². The van der Waals surface area contributed by atoms with E-state index in [1.54, 1.807) is 28.3 Å². The Balaban J connectivity index is 1.87. The maximum atomic E-state index is 12.9. The quantitative estimate of drug-likeness (QED) is 0.732. The van der Waals surface area contributed by atoms with E-state index in [1.807, 2.05) is 13.0 Å². The number of nitriles is 1. The van der Waals surface area contributed by atoms with Crippen molar-refractivity contribution in [3.63, 3.8) is 0 Å². The van der Waals surface area contributed by atoms with Crippen molar-refractivity contribution in [2.45, 2.75) is 25.8 Å². The first-order chi connectivity index (χ1) is 13.4. The molecule has 28 heavy (non-hydrogen) atoms. The maximum Gasteiger partial charge on any atom is 0.330 e. The number of likely N-dealkylation sites (tertiary alicyclic amines) is 1. The lowest BCUT2D eigenvalue weighted by molar-refractivity contribution is 0.211. The summed E-state index contributed by atoms with van der Waals surface area (Å²) in [4.78, 5) is 15.1. The highest BCUT2D eigenvalue weighted by molar-refractivity contribution is 5.80. The first-order valence-corrected chi connectivity index (χ1v) is 9.28. The Bertz CT molecular complexity index is 1150. The van der Waals surface area contributed by atoms with Gasteiger partial charge in [0.25, 0.3) is 0 Å². The first-order valence-electron chi connectivity index (χ1n) is 9.28.